The minimum absolute atomic E-state index is 0.0270. The zero-order chi connectivity index (χ0) is 15.0. The highest BCUT2D eigenvalue weighted by Gasteiger charge is 2.37. The molecule has 2 rings (SSSR count). The molecule has 20 heavy (non-hydrogen) atoms. The second-order valence-corrected chi connectivity index (χ2v) is 7.38. The molecule has 1 aromatic rings. The average Bonchev–Trinajstić information content (AvgIpc) is 3.11. The van der Waals surface area contributed by atoms with Crippen LogP contribution in [-0.2, 0) is 4.65 Å². The van der Waals surface area contributed by atoms with Crippen molar-refractivity contribution in [3.63, 3.8) is 0 Å². The summed E-state index contributed by atoms with van der Waals surface area (Å²) in [5.74, 6) is 0.979. The lowest BCUT2D eigenvalue weighted by Crippen LogP contribution is -2.47. The van der Waals surface area contributed by atoms with Crippen molar-refractivity contribution < 1.29 is 4.65 Å². The normalized spacial score (nSPS) is 16.1. The van der Waals surface area contributed by atoms with Gasteiger partial charge in [-0.25, -0.2) is 4.98 Å². The van der Waals surface area contributed by atoms with Crippen LogP contribution >= 0.6 is 0 Å². The lowest BCUT2D eigenvalue weighted by molar-refractivity contribution is 0.000465. The fourth-order valence-electron chi connectivity index (χ4n) is 1.97. The summed E-state index contributed by atoms with van der Waals surface area (Å²) in [5, 5.41) is 3.50. The van der Waals surface area contributed by atoms with Gasteiger partial charge < -0.3 is 9.97 Å². The van der Waals surface area contributed by atoms with Crippen molar-refractivity contribution in [2.75, 3.05) is 5.32 Å². The standard InChI is InChI=1S/C16H27BN2O/c1-15(2,3)16(4,5)20-17(6)13-8-7-11-18-14(13)19-12-9-10-12/h7-8,11-12H,9-10H2,1-6H3,(H,18,19). The monoisotopic (exact) mass is 274 g/mol. The quantitative estimate of drug-likeness (QED) is 0.836. The number of hydrogen-bond donors (Lipinski definition) is 1. The van der Waals surface area contributed by atoms with Crippen molar-refractivity contribution in [2.45, 2.75) is 65.9 Å². The predicted octanol–water partition coefficient (Wildman–Crippen LogP) is 3.33. The summed E-state index contributed by atoms with van der Waals surface area (Å²) in [4.78, 5) is 4.48. The molecule has 0 saturated heterocycles. The van der Waals surface area contributed by atoms with Gasteiger partial charge >= 0.3 is 6.92 Å². The molecule has 0 aliphatic heterocycles. The summed E-state index contributed by atoms with van der Waals surface area (Å²) < 4.78 is 6.35. The van der Waals surface area contributed by atoms with E-state index in [4.69, 9.17) is 4.65 Å². The summed E-state index contributed by atoms with van der Waals surface area (Å²) in [6, 6.07) is 4.70. The summed E-state index contributed by atoms with van der Waals surface area (Å²) in [6.45, 7) is 13.1. The molecular weight excluding hydrogens is 247 g/mol. The van der Waals surface area contributed by atoms with E-state index in [1.165, 1.54) is 12.8 Å². The third-order valence-electron chi connectivity index (χ3n) is 4.47. The van der Waals surface area contributed by atoms with Gasteiger partial charge in [-0.3, -0.25) is 0 Å². The zero-order valence-corrected chi connectivity index (χ0v) is 13.7. The predicted molar refractivity (Wildman–Crippen MR) is 86.8 cm³/mol. The van der Waals surface area contributed by atoms with E-state index in [1.54, 1.807) is 0 Å². The first-order valence-corrected chi connectivity index (χ1v) is 7.60. The molecule has 0 bridgehead atoms. The molecule has 1 fully saturated rings. The maximum Gasteiger partial charge on any atom is 0.327 e. The van der Waals surface area contributed by atoms with Gasteiger partial charge in [-0.1, -0.05) is 33.7 Å². The van der Waals surface area contributed by atoms with Crippen LogP contribution in [0.2, 0.25) is 6.82 Å². The van der Waals surface area contributed by atoms with Gasteiger partial charge in [0, 0.05) is 12.2 Å². The summed E-state index contributed by atoms with van der Waals surface area (Å²) in [5.41, 5.74) is 1.05. The van der Waals surface area contributed by atoms with Crippen molar-refractivity contribution in [2.24, 2.45) is 5.41 Å². The first-order chi connectivity index (χ1) is 9.21. The third-order valence-corrected chi connectivity index (χ3v) is 4.47. The highest BCUT2D eigenvalue weighted by atomic mass is 16.5. The SMILES string of the molecule is CB(OC(C)(C)C(C)(C)C)c1cccnc1NC1CC1. The van der Waals surface area contributed by atoms with E-state index in [0.717, 1.165) is 11.3 Å². The minimum atomic E-state index is -0.195. The van der Waals surface area contributed by atoms with Crippen LogP contribution in [0.3, 0.4) is 0 Å². The average molecular weight is 274 g/mol. The first-order valence-electron chi connectivity index (χ1n) is 7.60. The summed E-state index contributed by atoms with van der Waals surface area (Å²) in [6.07, 6.45) is 4.34. The topological polar surface area (TPSA) is 34.1 Å². The molecular formula is C16H27BN2O. The zero-order valence-electron chi connectivity index (χ0n) is 13.7. The lowest BCUT2D eigenvalue weighted by Gasteiger charge is -2.41. The van der Waals surface area contributed by atoms with Crippen molar-refractivity contribution in [1.82, 2.24) is 4.98 Å². The van der Waals surface area contributed by atoms with Gasteiger partial charge in [0.25, 0.3) is 0 Å². The Hall–Kier alpha value is -1.03. The Morgan fingerprint density at radius 1 is 1.25 bits per heavy atom. The van der Waals surface area contributed by atoms with Crippen molar-refractivity contribution in [1.29, 1.82) is 0 Å². The van der Waals surface area contributed by atoms with Crippen molar-refractivity contribution in [3.05, 3.63) is 18.3 Å². The second-order valence-electron chi connectivity index (χ2n) is 7.38. The van der Waals surface area contributed by atoms with E-state index in [9.17, 15) is 0 Å². The number of hydrogen-bond acceptors (Lipinski definition) is 3. The number of aromatic nitrogens is 1. The molecule has 110 valence electrons. The maximum atomic E-state index is 6.35. The van der Waals surface area contributed by atoms with Gasteiger partial charge in [0.2, 0.25) is 0 Å². The van der Waals surface area contributed by atoms with Crippen LogP contribution in [0.1, 0.15) is 47.5 Å². The van der Waals surface area contributed by atoms with Crippen LogP contribution in [0.5, 0.6) is 0 Å². The maximum absolute atomic E-state index is 6.35. The molecule has 1 aliphatic carbocycles. The molecule has 1 N–H and O–H groups in total. The number of rotatable bonds is 5. The largest absolute Gasteiger partial charge is 0.426 e. The summed E-state index contributed by atoms with van der Waals surface area (Å²) >= 11 is 0. The smallest absolute Gasteiger partial charge is 0.327 e. The number of pyridine rings is 1. The Labute approximate surface area is 123 Å². The second kappa shape index (κ2) is 5.40. The number of nitrogens with zero attached hydrogens (tertiary/aromatic N) is 1. The van der Waals surface area contributed by atoms with Crippen LogP contribution in [0, 0.1) is 5.41 Å². The molecule has 4 heteroatoms. The van der Waals surface area contributed by atoms with Crippen molar-refractivity contribution >= 4 is 18.2 Å². The Balaban J connectivity index is 2.14. The molecule has 1 aliphatic rings. The molecule has 0 unspecified atom stereocenters. The van der Waals surface area contributed by atoms with E-state index in [0.29, 0.717) is 6.04 Å². The van der Waals surface area contributed by atoms with E-state index in [1.807, 2.05) is 12.3 Å². The molecule has 0 amide bonds. The van der Waals surface area contributed by atoms with Gasteiger partial charge in [0.05, 0.1) is 5.60 Å². The Morgan fingerprint density at radius 3 is 2.45 bits per heavy atom. The van der Waals surface area contributed by atoms with Crippen LogP contribution in [0.25, 0.3) is 0 Å². The van der Waals surface area contributed by atoms with Gasteiger partial charge in [-0.2, -0.15) is 0 Å². The van der Waals surface area contributed by atoms with Gasteiger partial charge in [-0.15, -0.1) is 0 Å². The van der Waals surface area contributed by atoms with E-state index in [2.05, 4.69) is 57.8 Å². The molecule has 0 aromatic carbocycles. The van der Waals surface area contributed by atoms with Crippen LogP contribution in [0.15, 0.2) is 18.3 Å². The van der Waals surface area contributed by atoms with Crippen LogP contribution in [-0.4, -0.2) is 23.5 Å². The van der Waals surface area contributed by atoms with Gasteiger partial charge in [-0.05, 0) is 43.6 Å². The Morgan fingerprint density at radius 2 is 1.90 bits per heavy atom. The molecule has 1 heterocycles. The molecule has 0 spiro atoms. The highest BCUT2D eigenvalue weighted by molar-refractivity contribution is 6.67. The molecule has 0 radical (unpaired) electrons. The molecule has 3 nitrogen and oxygen atoms in total. The molecule has 0 atom stereocenters. The van der Waals surface area contributed by atoms with Crippen LogP contribution < -0.4 is 10.8 Å². The lowest BCUT2D eigenvalue weighted by atomic mass is 9.62. The fourth-order valence-corrected chi connectivity index (χ4v) is 1.97. The third kappa shape index (κ3) is 3.54. The summed E-state index contributed by atoms with van der Waals surface area (Å²) in [7, 11) is 0. The Bertz CT molecular complexity index is 464. The Kier molecular flexibility index (Phi) is 4.15. The number of nitrogens with one attached hydrogen (secondary N) is 1. The van der Waals surface area contributed by atoms with Gasteiger partial charge in [0.15, 0.2) is 0 Å². The van der Waals surface area contributed by atoms with Crippen LogP contribution in [0.4, 0.5) is 5.82 Å². The van der Waals surface area contributed by atoms with E-state index < -0.39 is 0 Å². The first kappa shape index (κ1) is 15.4. The minimum Gasteiger partial charge on any atom is -0.426 e. The van der Waals surface area contributed by atoms with Gasteiger partial charge in [0.1, 0.15) is 5.82 Å². The number of anilines is 1. The van der Waals surface area contributed by atoms with Crippen molar-refractivity contribution in [3.8, 4) is 0 Å². The van der Waals surface area contributed by atoms with E-state index in [-0.39, 0.29) is 17.9 Å². The highest BCUT2D eigenvalue weighted by Crippen LogP contribution is 2.33. The molecule has 1 aromatic heterocycles. The fraction of sp³-hybridized carbons (Fsp3) is 0.688. The molecule has 1 saturated carbocycles. The van der Waals surface area contributed by atoms with E-state index >= 15 is 0 Å².